The Hall–Kier alpha value is -1.82. The van der Waals surface area contributed by atoms with E-state index in [1.54, 1.807) is 0 Å². The molecule has 1 aromatic carbocycles. The quantitative estimate of drug-likeness (QED) is 0.818. The molecule has 0 bridgehead atoms. The van der Waals surface area contributed by atoms with Crippen molar-refractivity contribution in [3.05, 3.63) is 30.1 Å². The maximum Gasteiger partial charge on any atom is 0.314 e. The van der Waals surface area contributed by atoms with Crippen LogP contribution in [0, 0.1) is 11.7 Å². The van der Waals surface area contributed by atoms with E-state index in [9.17, 15) is 9.18 Å². The third-order valence-electron chi connectivity index (χ3n) is 5.65. The Balaban J connectivity index is 1.31. The van der Waals surface area contributed by atoms with Gasteiger partial charge in [-0.05, 0) is 62.9 Å². The standard InChI is InChI=1S/C20H31FN4O/c1-16-4-2-3-11-24(16)13-10-22-20(26)23-14-17-9-12-25(15-17)19-7-5-18(21)6-8-19/h5-8,16-17H,2-4,9-15H2,1H3,(H2,22,23,26)/t16-,17-/m0/s1. The SMILES string of the molecule is C[C@H]1CCCCN1CCNC(=O)NC[C@@H]1CCN(c2ccc(F)cc2)C1. The number of piperidine rings is 1. The van der Waals surface area contributed by atoms with Crippen molar-refractivity contribution in [1.29, 1.82) is 0 Å². The Bertz CT molecular complexity index is 580. The van der Waals surface area contributed by atoms with E-state index in [2.05, 4.69) is 27.4 Å². The summed E-state index contributed by atoms with van der Waals surface area (Å²) < 4.78 is 13.0. The Kier molecular flexibility index (Phi) is 6.72. The Morgan fingerprint density at radius 1 is 1.15 bits per heavy atom. The predicted octanol–water partition coefficient (Wildman–Crippen LogP) is 2.83. The van der Waals surface area contributed by atoms with Crippen molar-refractivity contribution in [3.8, 4) is 0 Å². The lowest BCUT2D eigenvalue weighted by molar-refractivity contribution is 0.161. The fourth-order valence-electron chi connectivity index (χ4n) is 3.99. The van der Waals surface area contributed by atoms with Crippen LogP contribution in [0.3, 0.4) is 0 Å². The maximum absolute atomic E-state index is 13.0. The number of benzene rings is 1. The first-order chi connectivity index (χ1) is 12.6. The van der Waals surface area contributed by atoms with Gasteiger partial charge in [0.05, 0.1) is 0 Å². The van der Waals surface area contributed by atoms with Gasteiger partial charge in [-0.3, -0.25) is 4.90 Å². The largest absolute Gasteiger partial charge is 0.371 e. The molecule has 2 aliphatic rings. The van der Waals surface area contributed by atoms with Gasteiger partial charge in [0.25, 0.3) is 0 Å². The first-order valence-corrected chi connectivity index (χ1v) is 9.88. The van der Waals surface area contributed by atoms with Crippen LogP contribution in [0.15, 0.2) is 24.3 Å². The number of halogens is 1. The Labute approximate surface area is 155 Å². The zero-order valence-electron chi connectivity index (χ0n) is 15.7. The molecule has 2 atom stereocenters. The number of nitrogens with zero attached hydrogens (tertiary/aromatic N) is 2. The lowest BCUT2D eigenvalue weighted by Crippen LogP contribution is -2.45. The molecule has 0 saturated carbocycles. The van der Waals surface area contributed by atoms with Gasteiger partial charge in [0.2, 0.25) is 0 Å². The summed E-state index contributed by atoms with van der Waals surface area (Å²) in [5, 5.41) is 5.98. The molecule has 0 radical (unpaired) electrons. The highest BCUT2D eigenvalue weighted by Gasteiger charge is 2.23. The molecule has 2 heterocycles. The molecule has 2 aliphatic heterocycles. The van der Waals surface area contributed by atoms with E-state index >= 15 is 0 Å². The van der Waals surface area contributed by atoms with Crippen molar-refractivity contribution in [2.75, 3.05) is 44.2 Å². The van der Waals surface area contributed by atoms with E-state index in [1.165, 1.54) is 31.4 Å². The average molecular weight is 362 g/mol. The smallest absolute Gasteiger partial charge is 0.314 e. The Morgan fingerprint density at radius 3 is 2.73 bits per heavy atom. The molecule has 1 aromatic rings. The van der Waals surface area contributed by atoms with Crippen molar-refractivity contribution in [1.82, 2.24) is 15.5 Å². The monoisotopic (exact) mass is 362 g/mol. The summed E-state index contributed by atoms with van der Waals surface area (Å²) in [6.45, 7) is 7.57. The van der Waals surface area contributed by atoms with E-state index in [0.717, 1.165) is 38.3 Å². The molecule has 26 heavy (non-hydrogen) atoms. The van der Waals surface area contributed by atoms with Crippen molar-refractivity contribution < 1.29 is 9.18 Å². The van der Waals surface area contributed by atoms with Crippen LogP contribution in [-0.4, -0.2) is 56.2 Å². The summed E-state index contributed by atoms with van der Waals surface area (Å²) in [7, 11) is 0. The first kappa shape index (κ1) is 19.0. The number of amides is 2. The second kappa shape index (κ2) is 9.21. The molecule has 6 heteroatoms. The van der Waals surface area contributed by atoms with Crippen LogP contribution < -0.4 is 15.5 Å². The lowest BCUT2D eigenvalue weighted by atomic mass is 10.0. The molecule has 0 unspecified atom stereocenters. The minimum absolute atomic E-state index is 0.0742. The molecule has 2 amide bonds. The van der Waals surface area contributed by atoms with Crippen molar-refractivity contribution in [2.24, 2.45) is 5.92 Å². The second-order valence-corrected chi connectivity index (χ2v) is 7.59. The molecule has 0 aliphatic carbocycles. The summed E-state index contributed by atoms with van der Waals surface area (Å²) in [5.74, 6) is 0.231. The summed E-state index contributed by atoms with van der Waals surface area (Å²) in [5.41, 5.74) is 1.05. The van der Waals surface area contributed by atoms with Gasteiger partial charge in [0, 0.05) is 44.5 Å². The molecule has 5 nitrogen and oxygen atoms in total. The van der Waals surface area contributed by atoms with Gasteiger partial charge in [0.15, 0.2) is 0 Å². The molecule has 2 fully saturated rings. The molecule has 2 saturated heterocycles. The van der Waals surface area contributed by atoms with E-state index < -0.39 is 0 Å². The van der Waals surface area contributed by atoms with Gasteiger partial charge in [-0.2, -0.15) is 0 Å². The predicted molar refractivity (Wildman–Crippen MR) is 103 cm³/mol. The molecule has 0 aromatic heterocycles. The van der Waals surface area contributed by atoms with Gasteiger partial charge in [0.1, 0.15) is 5.82 Å². The number of carbonyl (C=O) groups is 1. The third kappa shape index (κ3) is 5.34. The molecule has 3 rings (SSSR count). The number of anilines is 1. The van der Waals surface area contributed by atoms with Crippen LogP contribution in [0.4, 0.5) is 14.9 Å². The Morgan fingerprint density at radius 2 is 1.96 bits per heavy atom. The molecular formula is C20H31FN4O. The van der Waals surface area contributed by atoms with Crippen molar-refractivity contribution >= 4 is 11.7 Å². The van der Waals surface area contributed by atoms with Crippen LogP contribution in [0.1, 0.15) is 32.6 Å². The minimum Gasteiger partial charge on any atom is -0.371 e. The fraction of sp³-hybridized carbons (Fsp3) is 0.650. The second-order valence-electron chi connectivity index (χ2n) is 7.59. The van der Waals surface area contributed by atoms with Crippen molar-refractivity contribution in [3.63, 3.8) is 0 Å². The maximum atomic E-state index is 13.0. The van der Waals surface area contributed by atoms with Gasteiger partial charge in [-0.15, -0.1) is 0 Å². The van der Waals surface area contributed by atoms with E-state index in [1.807, 2.05) is 12.1 Å². The highest BCUT2D eigenvalue weighted by Crippen LogP contribution is 2.23. The van der Waals surface area contributed by atoms with Crippen LogP contribution in [0.2, 0.25) is 0 Å². The van der Waals surface area contributed by atoms with E-state index in [0.29, 0.717) is 25.0 Å². The highest BCUT2D eigenvalue weighted by atomic mass is 19.1. The number of hydrogen-bond donors (Lipinski definition) is 2. The highest BCUT2D eigenvalue weighted by molar-refractivity contribution is 5.73. The number of rotatable bonds is 6. The summed E-state index contributed by atoms with van der Waals surface area (Å²) in [4.78, 5) is 16.7. The van der Waals surface area contributed by atoms with Gasteiger partial charge < -0.3 is 15.5 Å². The topological polar surface area (TPSA) is 47.6 Å². The summed E-state index contributed by atoms with van der Waals surface area (Å²) >= 11 is 0. The van der Waals surface area contributed by atoms with Crippen molar-refractivity contribution in [2.45, 2.75) is 38.6 Å². The average Bonchev–Trinajstić information content (AvgIpc) is 3.11. The zero-order chi connectivity index (χ0) is 18.4. The summed E-state index contributed by atoms with van der Waals surface area (Å²) in [6, 6.07) is 7.19. The van der Waals surface area contributed by atoms with Crippen LogP contribution >= 0.6 is 0 Å². The van der Waals surface area contributed by atoms with Crippen LogP contribution in [0.5, 0.6) is 0 Å². The number of hydrogen-bond acceptors (Lipinski definition) is 3. The van der Waals surface area contributed by atoms with Gasteiger partial charge in [-0.25, -0.2) is 9.18 Å². The fourth-order valence-corrected chi connectivity index (χ4v) is 3.99. The zero-order valence-corrected chi connectivity index (χ0v) is 15.7. The molecule has 2 N–H and O–H groups in total. The molecule has 144 valence electrons. The third-order valence-corrected chi connectivity index (χ3v) is 5.65. The minimum atomic E-state index is -0.207. The normalized spacial score (nSPS) is 23.8. The van der Waals surface area contributed by atoms with Crippen LogP contribution in [0.25, 0.3) is 0 Å². The number of carbonyl (C=O) groups excluding carboxylic acids is 1. The number of urea groups is 1. The first-order valence-electron chi connectivity index (χ1n) is 9.88. The number of likely N-dealkylation sites (tertiary alicyclic amines) is 1. The molecular weight excluding hydrogens is 331 g/mol. The lowest BCUT2D eigenvalue weighted by Gasteiger charge is -2.33. The number of nitrogens with one attached hydrogen (secondary N) is 2. The van der Waals surface area contributed by atoms with Gasteiger partial charge >= 0.3 is 6.03 Å². The van der Waals surface area contributed by atoms with Crippen LogP contribution in [-0.2, 0) is 0 Å². The summed E-state index contributed by atoms with van der Waals surface area (Å²) in [6.07, 6.45) is 4.89. The van der Waals surface area contributed by atoms with E-state index in [4.69, 9.17) is 0 Å². The molecule has 0 spiro atoms. The van der Waals surface area contributed by atoms with Gasteiger partial charge in [-0.1, -0.05) is 6.42 Å². The van der Waals surface area contributed by atoms with E-state index in [-0.39, 0.29) is 11.8 Å².